The fourth-order valence-electron chi connectivity index (χ4n) is 3.71. The quantitative estimate of drug-likeness (QED) is 0.626. The van der Waals surface area contributed by atoms with Gasteiger partial charge in [0, 0.05) is 43.5 Å². The van der Waals surface area contributed by atoms with Crippen LogP contribution < -0.4 is 9.64 Å². The summed E-state index contributed by atoms with van der Waals surface area (Å²) in [6.45, 7) is 18.8. The van der Waals surface area contributed by atoms with Gasteiger partial charge in [0.2, 0.25) is 5.95 Å². The van der Waals surface area contributed by atoms with E-state index < -0.39 is 5.60 Å². The van der Waals surface area contributed by atoms with Gasteiger partial charge in [-0.3, -0.25) is 0 Å². The van der Waals surface area contributed by atoms with Crippen LogP contribution in [0.1, 0.15) is 61.0 Å². The molecular formula is C26H38N4O3. The van der Waals surface area contributed by atoms with Crippen molar-refractivity contribution in [1.29, 1.82) is 0 Å². The molecule has 2 aromatic rings. The molecule has 1 fully saturated rings. The van der Waals surface area contributed by atoms with E-state index in [-0.39, 0.29) is 17.6 Å². The number of carbonyl (C=O) groups is 1. The van der Waals surface area contributed by atoms with Gasteiger partial charge in [-0.05, 0) is 64.3 Å². The van der Waals surface area contributed by atoms with Crippen LogP contribution in [0.3, 0.4) is 0 Å². The van der Waals surface area contributed by atoms with Crippen molar-refractivity contribution < 1.29 is 14.3 Å². The minimum absolute atomic E-state index is 0.0614. The molecule has 1 aromatic heterocycles. The minimum atomic E-state index is -0.493. The average Bonchev–Trinajstić information content (AvgIpc) is 2.72. The fraction of sp³-hybridized carbons (Fsp3) is 0.577. The molecule has 180 valence electrons. The van der Waals surface area contributed by atoms with Gasteiger partial charge in [0.15, 0.2) is 0 Å². The molecule has 33 heavy (non-hydrogen) atoms. The van der Waals surface area contributed by atoms with E-state index in [0.29, 0.717) is 32.1 Å². The van der Waals surface area contributed by atoms with E-state index in [1.807, 2.05) is 46.8 Å². The maximum absolute atomic E-state index is 12.3. The number of piperazine rings is 1. The molecule has 0 N–H and O–H groups in total. The summed E-state index contributed by atoms with van der Waals surface area (Å²) >= 11 is 0. The van der Waals surface area contributed by atoms with Crippen LogP contribution in [0.15, 0.2) is 30.5 Å². The highest BCUT2D eigenvalue weighted by molar-refractivity contribution is 5.68. The van der Waals surface area contributed by atoms with Crippen LogP contribution in [-0.2, 0) is 10.2 Å². The number of benzene rings is 1. The largest absolute Gasteiger partial charge is 0.491 e. The second-order valence-electron chi connectivity index (χ2n) is 10.8. The Morgan fingerprint density at radius 3 is 2.24 bits per heavy atom. The number of hydrogen-bond donors (Lipinski definition) is 0. The molecule has 1 saturated heterocycles. The van der Waals surface area contributed by atoms with Crippen molar-refractivity contribution in [2.24, 2.45) is 0 Å². The number of aromatic nitrogens is 2. The predicted molar refractivity (Wildman–Crippen MR) is 132 cm³/mol. The van der Waals surface area contributed by atoms with E-state index in [2.05, 4.69) is 42.8 Å². The summed E-state index contributed by atoms with van der Waals surface area (Å²) in [4.78, 5) is 25.6. The number of nitrogens with zero attached hydrogens (tertiary/aromatic N) is 4. The highest BCUT2D eigenvalue weighted by Gasteiger charge is 2.27. The summed E-state index contributed by atoms with van der Waals surface area (Å²) in [5.41, 5.74) is 2.50. The van der Waals surface area contributed by atoms with Crippen molar-refractivity contribution in [3.63, 3.8) is 0 Å². The summed E-state index contributed by atoms with van der Waals surface area (Å²) in [5, 5.41) is 0. The van der Waals surface area contributed by atoms with Crippen molar-refractivity contribution in [2.45, 2.75) is 72.5 Å². The summed E-state index contributed by atoms with van der Waals surface area (Å²) < 4.78 is 11.6. The van der Waals surface area contributed by atoms with Gasteiger partial charge in [0.1, 0.15) is 11.4 Å². The molecule has 0 unspecified atom stereocenters. The third-order valence-corrected chi connectivity index (χ3v) is 5.30. The van der Waals surface area contributed by atoms with Gasteiger partial charge in [0.05, 0.1) is 11.8 Å². The summed E-state index contributed by atoms with van der Waals surface area (Å²) in [7, 11) is 0. The SMILES string of the molecule is CC(C)Oc1ccc(-c2ccnc(N3CCN(C(=O)OC(C)(C)C)CC3)n2)cc1C(C)(C)C. The van der Waals surface area contributed by atoms with Gasteiger partial charge in [0.25, 0.3) is 0 Å². The Hall–Kier alpha value is -2.83. The number of anilines is 1. The van der Waals surface area contributed by atoms with Crippen LogP contribution in [-0.4, -0.2) is 58.8 Å². The first-order chi connectivity index (χ1) is 15.3. The Kier molecular flexibility index (Phi) is 7.20. The van der Waals surface area contributed by atoms with Crippen molar-refractivity contribution in [3.8, 4) is 17.0 Å². The molecular weight excluding hydrogens is 416 g/mol. The highest BCUT2D eigenvalue weighted by Crippen LogP contribution is 2.35. The van der Waals surface area contributed by atoms with Crippen LogP contribution in [0.5, 0.6) is 5.75 Å². The molecule has 1 aliphatic rings. The molecule has 0 atom stereocenters. The lowest BCUT2D eigenvalue weighted by molar-refractivity contribution is 0.0240. The van der Waals surface area contributed by atoms with Crippen LogP contribution >= 0.6 is 0 Å². The lowest BCUT2D eigenvalue weighted by Crippen LogP contribution is -2.50. The first kappa shape index (κ1) is 24.8. The summed E-state index contributed by atoms with van der Waals surface area (Å²) in [6, 6.07) is 8.20. The molecule has 0 radical (unpaired) electrons. The third kappa shape index (κ3) is 6.59. The first-order valence-electron chi connectivity index (χ1n) is 11.7. The van der Waals surface area contributed by atoms with Crippen molar-refractivity contribution in [2.75, 3.05) is 31.1 Å². The monoisotopic (exact) mass is 454 g/mol. The molecule has 7 nitrogen and oxygen atoms in total. The van der Waals surface area contributed by atoms with Crippen LogP contribution in [0.25, 0.3) is 11.3 Å². The zero-order valence-electron chi connectivity index (χ0n) is 21.3. The maximum Gasteiger partial charge on any atom is 0.410 e. The zero-order valence-corrected chi connectivity index (χ0v) is 21.3. The number of amides is 1. The first-order valence-corrected chi connectivity index (χ1v) is 11.7. The lowest BCUT2D eigenvalue weighted by Gasteiger charge is -2.35. The lowest BCUT2D eigenvalue weighted by atomic mass is 9.85. The smallest absolute Gasteiger partial charge is 0.410 e. The Bertz CT molecular complexity index is 968. The standard InChI is InChI=1S/C26H38N4O3/c1-18(2)32-22-10-9-19(17-20(22)25(3,4)5)21-11-12-27-23(28-21)29-13-15-30(16-14-29)24(31)33-26(6,7)8/h9-12,17-18H,13-16H2,1-8H3. The molecule has 0 bridgehead atoms. The molecule has 1 aliphatic heterocycles. The van der Waals surface area contributed by atoms with Gasteiger partial charge in [-0.25, -0.2) is 14.8 Å². The van der Waals surface area contributed by atoms with E-state index in [1.165, 1.54) is 0 Å². The Balaban J connectivity index is 1.77. The van der Waals surface area contributed by atoms with Crippen LogP contribution in [0.2, 0.25) is 0 Å². The number of rotatable bonds is 4. The molecule has 0 aliphatic carbocycles. The van der Waals surface area contributed by atoms with E-state index in [4.69, 9.17) is 14.5 Å². The molecule has 7 heteroatoms. The molecule has 1 amide bonds. The Morgan fingerprint density at radius 2 is 1.67 bits per heavy atom. The van der Waals surface area contributed by atoms with Gasteiger partial charge in [-0.2, -0.15) is 0 Å². The molecule has 0 saturated carbocycles. The second kappa shape index (κ2) is 9.57. The molecule has 2 heterocycles. The van der Waals surface area contributed by atoms with Gasteiger partial charge in [-0.1, -0.05) is 20.8 Å². The maximum atomic E-state index is 12.3. The molecule has 3 rings (SSSR count). The second-order valence-corrected chi connectivity index (χ2v) is 10.8. The van der Waals surface area contributed by atoms with Crippen LogP contribution in [0, 0.1) is 0 Å². The van der Waals surface area contributed by atoms with Gasteiger partial charge < -0.3 is 19.3 Å². The zero-order chi connectivity index (χ0) is 24.4. The van der Waals surface area contributed by atoms with Gasteiger partial charge >= 0.3 is 6.09 Å². The van der Waals surface area contributed by atoms with E-state index in [1.54, 1.807) is 11.1 Å². The van der Waals surface area contributed by atoms with Crippen molar-refractivity contribution in [3.05, 3.63) is 36.0 Å². The number of carbonyl (C=O) groups excluding carboxylic acids is 1. The van der Waals surface area contributed by atoms with Crippen molar-refractivity contribution >= 4 is 12.0 Å². The topological polar surface area (TPSA) is 67.8 Å². The Labute approximate surface area is 198 Å². The van der Waals surface area contributed by atoms with E-state index >= 15 is 0 Å². The number of hydrogen-bond acceptors (Lipinski definition) is 6. The summed E-state index contributed by atoms with van der Waals surface area (Å²) in [6.07, 6.45) is 1.64. The summed E-state index contributed by atoms with van der Waals surface area (Å²) in [5.74, 6) is 1.59. The van der Waals surface area contributed by atoms with Gasteiger partial charge in [-0.15, -0.1) is 0 Å². The Morgan fingerprint density at radius 1 is 1.00 bits per heavy atom. The molecule has 1 aromatic carbocycles. The normalized spacial score (nSPS) is 15.1. The van der Waals surface area contributed by atoms with E-state index in [0.717, 1.165) is 22.6 Å². The predicted octanol–water partition coefficient (Wildman–Crippen LogP) is 5.29. The fourth-order valence-corrected chi connectivity index (χ4v) is 3.71. The van der Waals surface area contributed by atoms with Crippen molar-refractivity contribution in [1.82, 2.24) is 14.9 Å². The van der Waals surface area contributed by atoms with Crippen LogP contribution in [0.4, 0.5) is 10.7 Å². The minimum Gasteiger partial charge on any atom is -0.491 e. The average molecular weight is 455 g/mol. The molecule has 0 spiro atoms. The van der Waals surface area contributed by atoms with E-state index in [9.17, 15) is 4.79 Å². The number of ether oxygens (including phenoxy) is 2. The third-order valence-electron chi connectivity index (χ3n) is 5.30. The highest BCUT2D eigenvalue weighted by atomic mass is 16.6.